The fourth-order valence-corrected chi connectivity index (χ4v) is 12.1. The molecule has 0 fully saturated rings. The number of benzene rings is 3. The van der Waals surface area contributed by atoms with E-state index in [1.165, 1.54) is 23.8 Å². The van der Waals surface area contributed by atoms with Gasteiger partial charge in [-0.25, -0.2) is 0 Å². The minimum absolute atomic E-state index is 1.37. The number of hydrogen-bond donors (Lipinski definition) is 0. The Morgan fingerprint density at radius 3 is 1.00 bits per heavy atom. The van der Waals surface area contributed by atoms with Crippen LogP contribution in [0.1, 0.15) is 0 Å². The van der Waals surface area contributed by atoms with Crippen LogP contribution < -0.4 is 13.1 Å². The Morgan fingerprint density at radius 2 is 0.727 bits per heavy atom. The van der Waals surface area contributed by atoms with Crippen molar-refractivity contribution in [3.8, 4) is 0 Å². The Morgan fingerprint density at radius 1 is 0.455 bits per heavy atom. The molecule has 3 aromatic carbocycles. The molecule has 0 aliphatic rings. The maximum absolute atomic E-state index is 2.48. The molecule has 0 heterocycles. The van der Waals surface area contributed by atoms with Crippen molar-refractivity contribution < 1.29 is 0 Å². The zero-order chi connectivity index (χ0) is 15.5. The Kier molecular flexibility index (Phi) is 6.26. The minimum atomic E-state index is -1.54. The summed E-state index contributed by atoms with van der Waals surface area (Å²) in [6.45, 7) is 0. The molecule has 0 saturated carbocycles. The van der Waals surface area contributed by atoms with Gasteiger partial charge in [0.05, 0.1) is 0 Å². The molecule has 0 N–H and O–H groups in total. The van der Waals surface area contributed by atoms with Gasteiger partial charge in [-0.3, -0.25) is 0 Å². The second-order valence-electron chi connectivity index (χ2n) is 4.69. The van der Waals surface area contributed by atoms with Gasteiger partial charge in [0.2, 0.25) is 0 Å². The molecule has 0 aromatic heterocycles. The van der Waals surface area contributed by atoms with Gasteiger partial charge >= 0.3 is 179 Å². The van der Waals surface area contributed by atoms with Crippen molar-refractivity contribution in [2.75, 3.05) is 0 Å². The van der Waals surface area contributed by atoms with E-state index in [9.17, 15) is 0 Å². The average molecular weight is 684 g/mol. The van der Waals surface area contributed by atoms with Crippen molar-refractivity contribution >= 4 is 95.5 Å². The van der Waals surface area contributed by atoms with Gasteiger partial charge in [-0.2, -0.15) is 0 Å². The molecule has 0 amide bonds. The predicted molar refractivity (Wildman–Crippen MR) is 122 cm³/mol. The first-order valence-corrected chi connectivity index (χ1v) is 12.8. The molecule has 0 aliphatic carbocycles. The summed E-state index contributed by atoms with van der Waals surface area (Å²) in [7, 11) is 0. The average Bonchev–Trinajstić information content (AvgIpc) is 2.53. The van der Waals surface area contributed by atoms with Gasteiger partial charge in [0.1, 0.15) is 0 Å². The van der Waals surface area contributed by atoms with Crippen molar-refractivity contribution in [1.29, 1.82) is 0 Å². The van der Waals surface area contributed by atoms with Gasteiger partial charge in [0.15, 0.2) is 0 Å². The van der Waals surface area contributed by atoms with Gasteiger partial charge in [-0.15, -0.1) is 0 Å². The molecule has 0 spiro atoms. The Labute approximate surface area is 176 Å². The van der Waals surface area contributed by atoms with Crippen LogP contribution in [0.2, 0.25) is 0 Å². The molecule has 0 nitrogen and oxygen atoms in total. The summed E-state index contributed by atoms with van der Waals surface area (Å²) in [6.07, 6.45) is 0. The fraction of sp³-hybridized carbons (Fsp3) is 0. The van der Waals surface area contributed by atoms with Crippen molar-refractivity contribution in [1.82, 2.24) is 0 Å². The van der Waals surface area contributed by atoms with E-state index >= 15 is 0 Å². The van der Waals surface area contributed by atoms with Crippen LogP contribution in [0.3, 0.4) is 0 Å². The van der Waals surface area contributed by atoms with Crippen LogP contribution in [-0.2, 0) is 0 Å². The SMILES string of the molecule is Ic1ccccc1[As](c1ccccc1I)c1ccccc1I. The van der Waals surface area contributed by atoms with Gasteiger partial charge in [-0.1, -0.05) is 0 Å². The molecule has 22 heavy (non-hydrogen) atoms. The predicted octanol–water partition coefficient (Wildman–Crippen LogP) is 4.02. The topological polar surface area (TPSA) is 0 Å². The van der Waals surface area contributed by atoms with Gasteiger partial charge in [0, 0.05) is 0 Å². The van der Waals surface area contributed by atoms with Crippen molar-refractivity contribution in [3.05, 3.63) is 83.5 Å². The standard InChI is InChI=1S/C18H12AsI3/c20-16-10-4-1-7-13(16)19(14-8-2-5-11-17(14)21)15-9-3-6-12-18(15)22/h1-12H. The molecular weight excluding hydrogens is 672 g/mol. The van der Waals surface area contributed by atoms with Gasteiger partial charge in [-0.05, 0) is 0 Å². The molecule has 3 rings (SSSR count). The van der Waals surface area contributed by atoms with E-state index in [1.54, 1.807) is 0 Å². The third-order valence-corrected chi connectivity index (χ3v) is 14.4. The summed E-state index contributed by atoms with van der Waals surface area (Å²) >= 11 is 5.92. The van der Waals surface area contributed by atoms with Crippen LogP contribution in [0.4, 0.5) is 0 Å². The molecule has 0 unspecified atom stereocenters. The van der Waals surface area contributed by atoms with E-state index in [0.29, 0.717) is 0 Å². The number of hydrogen-bond acceptors (Lipinski definition) is 0. The summed E-state index contributed by atoms with van der Waals surface area (Å²) in [6, 6.07) is 26.5. The first kappa shape index (κ1) is 17.2. The van der Waals surface area contributed by atoms with E-state index < -0.39 is 14.7 Å². The first-order chi connectivity index (χ1) is 10.7. The Bertz CT molecular complexity index is 693. The monoisotopic (exact) mass is 684 g/mol. The van der Waals surface area contributed by atoms with Crippen LogP contribution >= 0.6 is 67.8 Å². The summed E-state index contributed by atoms with van der Waals surface area (Å²) in [5.41, 5.74) is 0. The van der Waals surface area contributed by atoms with Crippen molar-refractivity contribution in [3.63, 3.8) is 0 Å². The molecule has 4 heteroatoms. The molecule has 0 atom stereocenters. The normalized spacial score (nSPS) is 10.9. The fourth-order valence-electron chi connectivity index (χ4n) is 2.29. The first-order valence-electron chi connectivity index (χ1n) is 6.72. The molecule has 0 aliphatic heterocycles. The number of rotatable bonds is 3. The molecule has 0 radical (unpaired) electrons. The molecule has 0 bridgehead atoms. The molecule has 3 aromatic rings. The van der Waals surface area contributed by atoms with Crippen molar-refractivity contribution in [2.24, 2.45) is 0 Å². The van der Waals surface area contributed by atoms with E-state index in [0.717, 1.165) is 0 Å². The molecular formula is C18H12AsI3. The Hall–Kier alpha value is 0.408. The van der Waals surface area contributed by atoms with Crippen LogP contribution in [0, 0.1) is 10.7 Å². The zero-order valence-electron chi connectivity index (χ0n) is 11.5. The van der Waals surface area contributed by atoms with E-state index in [1.807, 2.05) is 0 Å². The summed E-state index contributed by atoms with van der Waals surface area (Å²) in [5.74, 6) is 0. The second kappa shape index (κ2) is 7.99. The van der Waals surface area contributed by atoms with E-state index in [2.05, 4.69) is 141 Å². The summed E-state index contributed by atoms with van der Waals surface area (Å²) in [4.78, 5) is 0. The third kappa shape index (κ3) is 3.73. The number of halogens is 3. The summed E-state index contributed by atoms with van der Waals surface area (Å²) < 4.78 is 8.68. The van der Waals surface area contributed by atoms with Crippen LogP contribution in [0.15, 0.2) is 72.8 Å². The van der Waals surface area contributed by atoms with Crippen LogP contribution in [-0.4, -0.2) is 14.7 Å². The zero-order valence-corrected chi connectivity index (χ0v) is 19.9. The third-order valence-electron chi connectivity index (χ3n) is 3.28. The molecule has 0 saturated heterocycles. The van der Waals surface area contributed by atoms with Crippen LogP contribution in [0.5, 0.6) is 0 Å². The van der Waals surface area contributed by atoms with E-state index in [4.69, 9.17) is 0 Å². The Balaban J connectivity index is 2.27. The molecule has 110 valence electrons. The quantitative estimate of drug-likeness (QED) is 0.289. The maximum atomic E-state index is 2.48. The van der Waals surface area contributed by atoms with Gasteiger partial charge < -0.3 is 0 Å². The van der Waals surface area contributed by atoms with Crippen LogP contribution in [0.25, 0.3) is 0 Å². The summed E-state index contributed by atoms with van der Waals surface area (Å²) in [5, 5.41) is 0. The van der Waals surface area contributed by atoms with Gasteiger partial charge in [0.25, 0.3) is 0 Å². The van der Waals surface area contributed by atoms with E-state index in [-0.39, 0.29) is 0 Å². The second-order valence-corrected chi connectivity index (χ2v) is 12.6. The van der Waals surface area contributed by atoms with Crippen molar-refractivity contribution in [2.45, 2.75) is 0 Å².